The number of aryl methyl sites for hydroxylation is 1. The molecule has 0 N–H and O–H groups in total. The Balaban J connectivity index is 2.03. The molecule has 0 unspecified atom stereocenters. The first-order chi connectivity index (χ1) is 10.1. The molecule has 0 spiro atoms. The predicted octanol–water partition coefficient (Wildman–Crippen LogP) is 2.80. The SMILES string of the molecule is COC(=O)Cc1ccccc1CN(C)Cc1csc(C)n1. The highest BCUT2D eigenvalue weighted by Crippen LogP contribution is 2.15. The molecule has 0 saturated carbocycles. The summed E-state index contributed by atoms with van der Waals surface area (Å²) in [6.45, 7) is 3.60. The highest BCUT2D eigenvalue weighted by Gasteiger charge is 2.10. The average molecular weight is 304 g/mol. The van der Waals surface area contributed by atoms with E-state index >= 15 is 0 Å². The van der Waals surface area contributed by atoms with E-state index in [4.69, 9.17) is 4.74 Å². The molecule has 0 aliphatic rings. The van der Waals surface area contributed by atoms with Gasteiger partial charge >= 0.3 is 5.97 Å². The lowest BCUT2D eigenvalue weighted by molar-refractivity contribution is -0.139. The van der Waals surface area contributed by atoms with Gasteiger partial charge in [0.1, 0.15) is 0 Å². The smallest absolute Gasteiger partial charge is 0.309 e. The number of esters is 1. The number of carbonyl (C=O) groups excluding carboxylic acids is 1. The average Bonchev–Trinajstić information content (AvgIpc) is 2.86. The standard InChI is InChI=1S/C16H20N2O2S/c1-12-17-15(11-21-12)10-18(2)9-14-7-5-4-6-13(14)8-16(19)20-3/h4-7,11H,8-10H2,1-3H3. The Morgan fingerprint density at radius 1 is 1.29 bits per heavy atom. The third-order valence-corrected chi connectivity index (χ3v) is 4.04. The summed E-state index contributed by atoms with van der Waals surface area (Å²) in [6.07, 6.45) is 0.316. The van der Waals surface area contributed by atoms with Crippen molar-refractivity contribution in [2.45, 2.75) is 26.4 Å². The predicted molar refractivity (Wildman–Crippen MR) is 84.2 cm³/mol. The molecule has 4 nitrogen and oxygen atoms in total. The maximum Gasteiger partial charge on any atom is 0.309 e. The van der Waals surface area contributed by atoms with Crippen LogP contribution in [0.1, 0.15) is 21.8 Å². The van der Waals surface area contributed by atoms with Crippen molar-refractivity contribution in [2.24, 2.45) is 0 Å². The Morgan fingerprint density at radius 2 is 2.00 bits per heavy atom. The molecule has 2 aromatic rings. The van der Waals surface area contributed by atoms with Crippen LogP contribution in [-0.4, -0.2) is 30.0 Å². The molecule has 0 atom stereocenters. The molecule has 0 radical (unpaired) electrons. The van der Waals surface area contributed by atoms with Crippen molar-refractivity contribution in [3.05, 3.63) is 51.5 Å². The molecule has 0 amide bonds. The summed E-state index contributed by atoms with van der Waals surface area (Å²) in [6, 6.07) is 7.98. The largest absolute Gasteiger partial charge is 0.469 e. The van der Waals surface area contributed by atoms with Crippen LogP contribution in [0, 0.1) is 6.92 Å². The number of benzene rings is 1. The molecule has 112 valence electrons. The van der Waals surface area contributed by atoms with E-state index in [1.807, 2.05) is 25.1 Å². The van der Waals surface area contributed by atoms with Gasteiger partial charge in [0, 0.05) is 18.5 Å². The molecule has 1 heterocycles. The normalized spacial score (nSPS) is 10.9. The monoisotopic (exact) mass is 304 g/mol. The number of nitrogens with zero attached hydrogens (tertiary/aromatic N) is 2. The lowest BCUT2D eigenvalue weighted by Crippen LogP contribution is -2.19. The van der Waals surface area contributed by atoms with Crippen LogP contribution in [0.25, 0.3) is 0 Å². The molecule has 2 rings (SSSR count). The summed E-state index contributed by atoms with van der Waals surface area (Å²) in [5, 5.41) is 3.18. The summed E-state index contributed by atoms with van der Waals surface area (Å²) in [5.74, 6) is -0.208. The Labute approximate surface area is 129 Å². The van der Waals surface area contributed by atoms with Crippen molar-refractivity contribution in [1.82, 2.24) is 9.88 Å². The Bertz CT molecular complexity index is 610. The van der Waals surface area contributed by atoms with Crippen molar-refractivity contribution in [3.8, 4) is 0 Å². The van der Waals surface area contributed by atoms with E-state index in [1.165, 1.54) is 7.11 Å². The molecule has 5 heteroatoms. The van der Waals surface area contributed by atoms with Gasteiger partial charge in [0.15, 0.2) is 0 Å². The van der Waals surface area contributed by atoms with Crippen LogP contribution >= 0.6 is 11.3 Å². The van der Waals surface area contributed by atoms with Crippen LogP contribution in [0.3, 0.4) is 0 Å². The van der Waals surface area contributed by atoms with Crippen molar-refractivity contribution in [2.75, 3.05) is 14.2 Å². The van der Waals surface area contributed by atoms with Crippen molar-refractivity contribution >= 4 is 17.3 Å². The van der Waals surface area contributed by atoms with Crippen molar-refractivity contribution < 1.29 is 9.53 Å². The van der Waals surface area contributed by atoms with Crippen LogP contribution in [0.4, 0.5) is 0 Å². The number of carbonyl (C=O) groups is 1. The molecule has 0 bridgehead atoms. The molecule has 1 aromatic heterocycles. The summed E-state index contributed by atoms with van der Waals surface area (Å²) < 4.78 is 4.75. The Hall–Kier alpha value is -1.72. The van der Waals surface area contributed by atoms with Gasteiger partial charge < -0.3 is 4.74 Å². The highest BCUT2D eigenvalue weighted by atomic mass is 32.1. The number of thiazole rings is 1. The Kier molecular flexibility index (Phi) is 5.47. The van der Waals surface area contributed by atoms with Gasteiger partial charge in [0.25, 0.3) is 0 Å². The zero-order valence-electron chi connectivity index (χ0n) is 12.6. The Morgan fingerprint density at radius 3 is 2.62 bits per heavy atom. The molecule has 0 fully saturated rings. The summed E-state index contributed by atoms with van der Waals surface area (Å²) >= 11 is 1.67. The lowest BCUT2D eigenvalue weighted by Gasteiger charge is -2.17. The molecule has 1 aromatic carbocycles. The number of hydrogen-bond acceptors (Lipinski definition) is 5. The van der Waals surface area contributed by atoms with Crippen LogP contribution in [0.2, 0.25) is 0 Å². The minimum atomic E-state index is -0.208. The summed E-state index contributed by atoms with van der Waals surface area (Å²) in [7, 11) is 3.48. The zero-order valence-corrected chi connectivity index (χ0v) is 13.4. The van der Waals surface area contributed by atoms with E-state index in [0.717, 1.165) is 34.9 Å². The third-order valence-electron chi connectivity index (χ3n) is 3.22. The van der Waals surface area contributed by atoms with E-state index in [2.05, 4.69) is 28.4 Å². The second-order valence-corrected chi connectivity index (χ2v) is 6.11. The zero-order chi connectivity index (χ0) is 15.2. The van der Waals surface area contributed by atoms with Crippen LogP contribution in [0.15, 0.2) is 29.6 Å². The quantitative estimate of drug-likeness (QED) is 0.770. The molecule has 0 saturated heterocycles. The second kappa shape index (κ2) is 7.33. The van der Waals surface area contributed by atoms with Gasteiger partial charge in [-0.05, 0) is 25.1 Å². The van der Waals surface area contributed by atoms with E-state index < -0.39 is 0 Å². The van der Waals surface area contributed by atoms with Crippen molar-refractivity contribution in [3.63, 3.8) is 0 Å². The van der Waals surface area contributed by atoms with E-state index in [1.54, 1.807) is 11.3 Å². The molecular weight excluding hydrogens is 284 g/mol. The molecule has 0 aliphatic heterocycles. The minimum absolute atomic E-state index is 0.208. The van der Waals surface area contributed by atoms with E-state index in [-0.39, 0.29) is 5.97 Å². The highest BCUT2D eigenvalue weighted by molar-refractivity contribution is 7.09. The summed E-state index contributed by atoms with van der Waals surface area (Å²) in [5.41, 5.74) is 3.26. The van der Waals surface area contributed by atoms with E-state index in [9.17, 15) is 4.79 Å². The first-order valence-electron chi connectivity index (χ1n) is 6.81. The van der Waals surface area contributed by atoms with Crippen LogP contribution < -0.4 is 0 Å². The topological polar surface area (TPSA) is 42.4 Å². The van der Waals surface area contributed by atoms with Gasteiger partial charge in [0.2, 0.25) is 0 Å². The molecule has 0 aliphatic carbocycles. The maximum atomic E-state index is 11.5. The van der Waals surface area contributed by atoms with Gasteiger partial charge in [-0.2, -0.15) is 0 Å². The number of hydrogen-bond donors (Lipinski definition) is 0. The number of rotatable bonds is 6. The minimum Gasteiger partial charge on any atom is -0.469 e. The third kappa shape index (κ3) is 4.65. The first-order valence-corrected chi connectivity index (χ1v) is 7.69. The fourth-order valence-electron chi connectivity index (χ4n) is 2.22. The number of aromatic nitrogens is 1. The van der Waals surface area contributed by atoms with Gasteiger partial charge in [-0.15, -0.1) is 11.3 Å². The summed E-state index contributed by atoms with van der Waals surface area (Å²) in [4.78, 5) is 18.1. The second-order valence-electron chi connectivity index (χ2n) is 5.05. The number of methoxy groups -OCH3 is 1. The maximum absolute atomic E-state index is 11.5. The van der Waals surface area contributed by atoms with Crippen molar-refractivity contribution in [1.29, 1.82) is 0 Å². The number of ether oxygens (including phenoxy) is 1. The first kappa shape index (κ1) is 15.7. The lowest BCUT2D eigenvalue weighted by atomic mass is 10.0. The van der Waals surface area contributed by atoms with Gasteiger partial charge in [0.05, 0.1) is 24.2 Å². The fraction of sp³-hybridized carbons (Fsp3) is 0.375. The molecule has 21 heavy (non-hydrogen) atoms. The molecular formula is C16H20N2O2S. The van der Waals surface area contributed by atoms with E-state index in [0.29, 0.717) is 6.42 Å². The van der Waals surface area contributed by atoms with Crippen LogP contribution in [0.5, 0.6) is 0 Å². The van der Waals surface area contributed by atoms with Gasteiger partial charge in [-0.3, -0.25) is 9.69 Å². The van der Waals surface area contributed by atoms with Gasteiger partial charge in [-0.1, -0.05) is 24.3 Å². The van der Waals surface area contributed by atoms with Crippen LogP contribution in [-0.2, 0) is 29.0 Å². The van der Waals surface area contributed by atoms with Gasteiger partial charge in [-0.25, -0.2) is 4.98 Å². The fourth-order valence-corrected chi connectivity index (χ4v) is 2.82.